The Labute approximate surface area is 124 Å². The first-order valence-corrected chi connectivity index (χ1v) is 7.78. The van der Waals surface area contributed by atoms with Gasteiger partial charge in [0.05, 0.1) is 6.61 Å². The minimum absolute atomic E-state index is 0.0175. The molecule has 5 heteroatoms. The minimum atomic E-state index is -0.525. The number of hydrogen-bond acceptors (Lipinski definition) is 3. The molecular formula is C16H22F2N2O. The van der Waals surface area contributed by atoms with Crippen molar-refractivity contribution in [3.8, 4) is 0 Å². The number of hydrogen-bond donors (Lipinski definition) is 2. The van der Waals surface area contributed by atoms with Crippen molar-refractivity contribution in [1.82, 2.24) is 5.32 Å². The van der Waals surface area contributed by atoms with Crippen LogP contribution in [0.15, 0.2) is 12.1 Å². The number of rotatable bonds is 7. The Kier molecular flexibility index (Phi) is 4.40. The van der Waals surface area contributed by atoms with E-state index in [4.69, 9.17) is 5.11 Å². The van der Waals surface area contributed by atoms with Gasteiger partial charge in [0.2, 0.25) is 0 Å². The van der Waals surface area contributed by atoms with E-state index in [1.807, 2.05) is 0 Å². The fourth-order valence-electron chi connectivity index (χ4n) is 2.83. The Bertz CT molecular complexity index is 478. The normalized spacial score (nSPS) is 18.6. The molecule has 116 valence electrons. The summed E-state index contributed by atoms with van der Waals surface area (Å²) in [4.78, 5) is 1.69. The molecule has 1 aromatic rings. The second-order valence-electron chi connectivity index (χ2n) is 6.06. The molecule has 0 aliphatic heterocycles. The number of anilines is 1. The topological polar surface area (TPSA) is 35.5 Å². The van der Waals surface area contributed by atoms with E-state index in [0.717, 1.165) is 32.1 Å². The predicted octanol–water partition coefficient (Wildman–Crippen LogP) is 2.57. The zero-order valence-electron chi connectivity index (χ0n) is 12.1. The molecule has 0 atom stereocenters. The molecule has 1 aromatic carbocycles. The second kappa shape index (κ2) is 6.28. The lowest BCUT2D eigenvalue weighted by Crippen LogP contribution is -2.43. The molecule has 0 unspecified atom stereocenters. The minimum Gasteiger partial charge on any atom is -0.395 e. The number of nitrogens with one attached hydrogen (secondary N) is 1. The van der Waals surface area contributed by atoms with Crippen LogP contribution in [-0.4, -0.2) is 30.3 Å². The average Bonchev–Trinajstić information content (AvgIpc) is 3.17. The largest absolute Gasteiger partial charge is 0.395 e. The summed E-state index contributed by atoms with van der Waals surface area (Å²) >= 11 is 0. The maximum atomic E-state index is 14.4. The molecule has 3 rings (SSSR count). The van der Waals surface area contributed by atoms with Gasteiger partial charge in [-0.25, -0.2) is 8.78 Å². The van der Waals surface area contributed by atoms with Crippen LogP contribution in [0.1, 0.15) is 37.7 Å². The molecule has 2 saturated carbocycles. The SMILES string of the molecule is OCCN(c1c(F)cc(CNC2CC2)cc1F)C1CCC1. The summed E-state index contributed by atoms with van der Waals surface area (Å²) in [6.07, 6.45) is 5.25. The third-order valence-electron chi connectivity index (χ3n) is 4.39. The zero-order valence-corrected chi connectivity index (χ0v) is 12.1. The van der Waals surface area contributed by atoms with Crippen LogP contribution in [0, 0.1) is 11.6 Å². The van der Waals surface area contributed by atoms with Crippen molar-refractivity contribution in [3.05, 3.63) is 29.3 Å². The van der Waals surface area contributed by atoms with Crippen molar-refractivity contribution in [1.29, 1.82) is 0 Å². The van der Waals surface area contributed by atoms with Crippen molar-refractivity contribution in [3.63, 3.8) is 0 Å². The van der Waals surface area contributed by atoms with Gasteiger partial charge in [0, 0.05) is 25.2 Å². The van der Waals surface area contributed by atoms with E-state index in [-0.39, 0.29) is 24.9 Å². The lowest BCUT2D eigenvalue weighted by molar-refractivity contribution is 0.281. The van der Waals surface area contributed by atoms with Crippen molar-refractivity contribution < 1.29 is 13.9 Å². The molecule has 0 saturated heterocycles. The van der Waals surface area contributed by atoms with Crippen LogP contribution >= 0.6 is 0 Å². The highest BCUT2D eigenvalue weighted by Gasteiger charge is 2.29. The summed E-state index contributed by atoms with van der Waals surface area (Å²) in [5, 5.41) is 12.4. The quantitative estimate of drug-likeness (QED) is 0.812. The van der Waals surface area contributed by atoms with Crippen LogP contribution in [0.5, 0.6) is 0 Å². The van der Waals surface area contributed by atoms with Gasteiger partial charge in [0.15, 0.2) is 0 Å². The van der Waals surface area contributed by atoms with Gasteiger partial charge >= 0.3 is 0 Å². The molecule has 0 bridgehead atoms. The van der Waals surface area contributed by atoms with E-state index in [0.29, 0.717) is 18.2 Å². The monoisotopic (exact) mass is 296 g/mol. The van der Waals surface area contributed by atoms with Gasteiger partial charge in [0.25, 0.3) is 0 Å². The lowest BCUT2D eigenvalue weighted by Gasteiger charge is -2.39. The number of benzene rings is 1. The molecule has 0 heterocycles. The highest BCUT2D eigenvalue weighted by Crippen LogP contribution is 2.33. The van der Waals surface area contributed by atoms with Gasteiger partial charge < -0.3 is 15.3 Å². The van der Waals surface area contributed by atoms with Gasteiger partial charge in [-0.2, -0.15) is 0 Å². The van der Waals surface area contributed by atoms with Crippen molar-refractivity contribution >= 4 is 5.69 Å². The highest BCUT2D eigenvalue weighted by atomic mass is 19.1. The molecule has 0 aromatic heterocycles. The van der Waals surface area contributed by atoms with Gasteiger partial charge in [-0.05, 0) is 49.8 Å². The van der Waals surface area contributed by atoms with Crippen LogP contribution in [0.2, 0.25) is 0 Å². The average molecular weight is 296 g/mol. The van der Waals surface area contributed by atoms with E-state index in [9.17, 15) is 8.78 Å². The Morgan fingerprint density at radius 3 is 2.29 bits per heavy atom. The van der Waals surface area contributed by atoms with E-state index in [1.165, 1.54) is 12.1 Å². The summed E-state index contributed by atoms with van der Waals surface area (Å²) in [7, 11) is 0. The highest BCUT2D eigenvalue weighted by molar-refractivity contribution is 5.52. The van der Waals surface area contributed by atoms with Crippen LogP contribution in [0.4, 0.5) is 14.5 Å². The van der Waals surface area contributed by atoms with E-state index < -0.39 is 11.6 Å². The Morgan fingerprint density at radius 2 is 1.81 bits per heavy atom. The van der Waals surface area contributed by atoms with Crippen molar-refractivity contribution in [2.45, 2.75) is 50.7 Å². The fraction of sp³-hybridized carbons (Fsp3) is 0.625. The Balaban J connectivity index is 1.78. The lowest BCUT2D eigenvalue weighted by atomic mass is 9.91. The first-order valence-electron chi connectivity index (χ1n) is 7.78. The maximum absolute atomic E-state index is 14.4. The third kappa shape index (κ3) is 3.35. The van der Waals surface area contributed by atoms with E-state index >= 15 is 0 Å². The molecule has 2 N–H and O–H groups in total. The maximum Gasteiger partial charge on any atom is 0.149 e. The smallest absolute Gasteiger partial charge is 0.149 e. The molecule has 0 spiro atoms. The summed E-state index contributed by atoms with van der Waals surface area (Å²) in [6, 6.07) is 3.49. The van der Waals surface area contributed by atoms with E-state index in [2.05, 4.69) is 5.32 Å². The summed E-state index contributed by atoms with van der Waals surface area (Å²) in [5.41, 5.74) is 0.655. The van der Waals surface area contributed by atoms with E-state index in [1.54, 1.807) is 4.90 Å². The van der Waals surface area contributed by atoms with Crippen LogP contribution in [-0.2, 0) is 6.54 Å². The van der Waals surface area contributed by atoms with Crippen LogP contribution in [0.3, 0.4) is 0 Å². The molecular weight excluding hydrogens is 274 g/mol. The van der Waals surface area contributed by atoms with Gasteiger partial charge in [0.1, 0.15) is 17.3 Å². The van der Waals surface area contributed by atoms with Crippen LogP contribution in [0.25, 0.3) is 0 Å². The number of nitrogens with zero attached hydrogens (tertiary/aromatic N) is 1. The predicted molar refractivity (Wildman–Crippen MR) is 78.3 cm³/mol. The molecule has 0 radical (unpaired) electrons. The first-order chi connectivity index (χ1) is 10.2. The van der Waals surface area contributed by atoms with Crippen molar-refractivity contribution in [2.24, 2.45) is 0 Å². The molecule has 0 amide bonds. The zero-order chi connectivity index (χ0) is 14.8. The molecule has 2 aliphatic rings. The molecule has 21 heavy (non-hydrogen) atoms. The standard InChI is InChI=1S/C16H22F2N2O/c17-14-8-11(10-19-12-4-5-12)9-15(18)16(14)20(6-7-21)13-2-1-3-13/h8-9,12-13,19,21H,1-7,10H2. The van der Waals surface area contributed by atoms with Crippen LogP contribution < -0.4 is 10.2 Å². The van der Waals surface area contributed by atoms with Gasteiger partial charge in [-0.15, -0.1) is 0 Å². The first kappa shape index (κ1) is 14.7. The molecule has 3 nitrogen and oxygen atoms in total. The number of halogens is 2. The number of aliphatic hydroxyl groups is 1. The Hall–Kier alpha value is -1.20. The summed E-state index contributed by atoms with van der Waals surface area (Å²) in [5.74, 6) is -1.05. The van der Waals surface area contributed by atoms with Gasteiger partial charge in [-0.1, -0.05) is 0 Å². The number of aliphatic hydroxyl groups excluding tert-OH is 1. The summed E-state index contributed by atoms with van der Waals surface area (Å²) in [6.45, 7) is 0.681. The fourth-order valence-corrected chi connectivity index (χ4v) is 2.83. The molecule has 2 aliphatic carbocycles. The Morgan fingerprint density at radius 1 is 1.14 bits per heavy atom. The van der Waals surface area contributed by atoms with Gasteiger partial charge in [-0.3, -0.25) is 0 Å². The summed E-state index contributed by atoms with van der Waals surface area (Å²) < 4.78 is 28.7. The third-order valence-corrected chi connectivity index (χ3v) is 4.39. The second-order valence-corrected chi connectivity index (χ2v) is 6.06. The van der Waals surface area contributed by atoms with Crippen molar-refractivity contribution in [2.75, 3.05) is 18.1 Å². The molecule has 2 fully saturated rings.